The van der Waals surface area contributed by atoms with Crippen molar-refractivity contribution < 1.29 is 4.39 Å². The van der Waals surface area contributed by atoms with Gasteiger partial charge in [0.2, 0.25) is 0 Å². The minimum Gasteiger partial charge on any atom is -0.303 e. The molecule has 0 aliphatic carbocycles. The molecule has 0 N–H and O–H groups in total. The quantitative estimate of drug-likeness (QED) is 0.707. The molecule has 0 radical (unpaired) electrons. The van der Waals surface area contributed by atoms with Crippen LogP contribution in [0.4, 0.5) is 4.39 Å². The Bertz CT molecular complexity index is 437. The maximum atomic E-state index is 12.8. The SMILES string of the molecule is CC.Cc1cn2cc(F)cc(Br)c2n1. The molecule has 2 aromatic rings. The molecule has 0 aliphatic rings. The Morgan fingerprint density at radius 2 is 2.00 bits per heavy atom. The Balaban J connectivity index is 0.000000461. The lowest BCUT2D eigenvalue weighted by atomic mass is 10.4. The van der Waals surface area contributed by atoms with E-state index in [-0.39, 0.29) is 5.82 Å². The zero-order valence-electron chi connectivity index (χ0n) is 8.38. The monoisotopic (exact) mass is 258 g/mol. The molecule has 0 unspecified atom stereocenters. The van der Waals surface area contributed by atoms with Crippen molar-refractivity contribution in [2.24, 2.45) is 0 Å². The van der Waals surface area contributed by atoms with E-state index in [1.54, 1.807) is 10.6 Å². The fourth-order valence-electron chi connectivity index (χ4n) is 1.15. The molecule has 2 nitrogen and oxygen atoms in total. The third-order valence-electron chi connectivity index (χ3n) is 1.59. The van der Waals surface area contributed by atoms with Crippen LogP contribution < -0.4 is 0 Å². The van der Waals surface area contributed by atoms with Crippen molar-refractivity contribution in [2.45, 2.75) is 20.8 Å². The van der Waals surface area contributed by atoms with Gasteiger partial charge in [-0.05, 0) is 28.9 Å². The van der Waals surface area contributed by atoms with Crippen molar-refractivity contribution in [1.29, 1.82) is 0 Å². The van der Waals surface area contributed by atoms with E-state index in [2.05, 4.69) is 20.9 Å². The average molecular weight is 259 g/mol. The number of aromatic nitrogens is 2. The van der Waals surface area contributed by atoms with Crippen LogP contribution in [0.2, 0.25) is 0 Å². The van der Waals surface area contributed by atoms with E-state index in [4.69, 9.17) is 0 Å². The standard InChI is InChI=1S/C8H6BrFN2.C2H6/c1-5-3-12-4-6(10)2-7(9)8(12)11-5;1-2/h2-4H,1H3;1-2H3. The topological polar surface area (TPSA) is 17.3 Å². The van der Waals surface area contributed by atoms with Gasteiger partial charge in [0.15, 0.2) is 5.65 Å². The number of aryl methyl sites for hydroxylation is 1. The van der Waals surface area contributed by atoms with Gasteiger partial charge in [-0.15, -0.1) is 0 Å². The second kappa shape index (κ2) is 4.55. The summed E-state index contributed by atoms with van der Waals surface area (Å²) in [5, 5.41) is 0. The Labute approximate surface area is 90.9 Å². The number of nitrogens with zero attached hydrogens (tertiary/aromatic N) is 2. The first kappa shape index (κ1) is 11.2. The molecule has 76 valence electrons. The molecule has 0 aliphatic heterocycles. The summed E-state index contributed by atoms with van der Waals surface area (Å²) >= 11 is 3.24. The van der Waals surface area contributed by atoms with Gasteiger partial charge < -0.3 is 4.40 Å². The van der Waals surface area contributed by atoms with Crippen LogP contribution in [0.3, 0.4) is 0 Å². The Kier molecular flexibility index (Phi) is 3.63. The highest BCUT2D eigenvalue weighted by Gasteiger charge is 2.03. The average Bonchev–Trinajstić information content (AvgIpc) is 2.49. The molecule has 14 heavy (non-hydrogen) atoms. The molecule has 0 fully saturated rings. The molecule has 0 aromatic carbocycles. The fraction of sp³-hybridized carbons (Fsp3) is 0.300. The lowest BCUT2D eigenvalue weighted by Gasteiger charge is -1.95. The highest BCUT2D eigenvalue weighted by atomic mass is 79.9. The second-order valence-corrected chi connectivity index (χ2v) is 3.47. The van der Waals surface area contributed by atoms with Crippen molar-refractivity contribution in [2.75, 3.05) is 0 Å². The van der Waals surface area contributed by atoms with Crippen LogP contribution in [0.15, 0.2) is 22.9 Å². The summed E-state index contributed by atoms with van der Waals surface area (Å²) in [6, 6.07) is 1.40. The lowest BCUT2D eigenvalue weighted by Crippen LogP contribution is -1.86. The molecule has 4 heteroatoms. The molecule has 0 saturated carbocycles. The number of fused-ring (bicyclic) bond motifs is 1. The van der Waals surface area contributed by atoms with E-state index >= 15 is 0 Å². The Morgan fingerprint density at radius 3 is 2.64 bits per heavy atom. The summed E-state index contributed by atoms with van der Waals surface area (Å²) in [5.41, 5.74) is 1.62. The van der Waals surface area contributed by atoms with Gasteiger partial charge >= 0.3 is 0 Å². The third kappa shape index (κ3) is 2.12. The molecule has 2 rings (SSSR count). The highest BCUT2D eigenvalue weighted by Crippen LogP contribution is 2.18. The van der Waals surface area contributed by atoms with E-state index in [1.807, 2.05) is 20.8 Å². The van der Waals surface area contributed by atoms with Crippen LogP contribution in [0.5, 0.6) is 0 Å². The fourth-order valence-corrected chi connectivity index (χ4v) is 1.66. The zero-order chi connectivity index (χ0) is 10.7. The Hall–Kier alpha value is -0.900. The smallest absolute Gasteiger partial charge is 0.151 e. The molecule has 2 heterocycles. The van der Waals surface area contributed by atoms with Crippen molar-refractivity contribution in [3.8, 4) is 0 Å². The zero-order valence-corrected chi connectivity index (χ0v) is 9.97. The van der Waals surface area contributed by atoms with E-state index in [1.165, 1.54) is 12.3 Å². The first-order valence-electron chi connectivity index (χ1n) is 4.47. The molecule has 0 atom stereocenters. The summed E-state index contributed by atoms with van der Waals surface area (Å²) < 4.78 is 15.2. The van der Waals surface area contributed by atoms with E-state index in [0.29, 0.717) is 4.47 Å². The minimum atomic E-state index is -0.272. The number of hydrogen-bond donors (Lipinski definition) is 0. The summed E-state index contributed by atoms with van der Waals surface area (Å²) in [7, 11) is 0. The van der Waals surface area contributed by atoms with Crippen molar-refractivity contribution in [1.82, 2.24) is 9.38 Å². The number of rotatable bonds is 0. The van der Waals surface area contributed by atoms with Crippen LogP contribution in [-0.4, -0.2) is 9.38 Å². The van der Waals surface area contributed by atoms with Gasteiger partial charge in [0.25, 0.3) is 0 Å². The summed E-state index contributed by atoms with van der Waals surface area (Å²) in [6.07, 6.45) is 3.18. The molecular formula is C10H12BrFN2. The van der Waals surface area contributed by atoms with E-state index in [0.717, 1.165) is 11.3 Å². The minimum absolute atomic E-state index is 0.272. The van der Waals surface area contributed by atoms with E-state index < -0.39 is 0 Å². The molecule has 0 saturated heterocycles. The summed E-state index contributed by atoms with van der Waals surface area (Å²) in [5.74, 6) is -0.272. The number of halogens is 2. The summed E-state index contributed by atoms with van der Waals surface area (Å²) in [6.45, 7) is 5.87. The maximum absolute atomic E-state index is 12.8. The van der Waals surface area contributed by atoms with E-state index in [9.17, 15) is 4.39 Å². The van der Waals surface area contributed by atoms with Crippen LogP contribution in [0, 0.1) is 12.7 Å². The molecular weight excluding hydrogens is 247 g/mol. The predicted molar refractivity (Wildman–Crippen MR) is 58.9 cm³/mol. The van der Waals surface area contributed by atoms with Crippen LogP contribution in [-0.2, 0) is 0 Å². The van der Waals surface area contributed by atoms with Crippen molar-refractivity contribution >= 4 is 21.6 Å². The van der Waals surface area contributed by atoms with Crippen LogP contribution in [0.1, 0.15) is 19.5 Å². The normalized spacial score (nSPS) is 9.79. The van der Waals surface area contributed by atoms with Crippen LogP contribution in [0.25, 0.3) is 5.65 Å². The predicted octanol–water partition coefficient (Wildman–Crippen LogP) is 3.57. The van der Waals surface area contributed by atoms with Crippen LogP contribution >= 0.6 is 15.9 Å². The van der Waals surface area contributed by atoms with Crippen molar-refractivity contribution in [3.05, 3.63) is 34.4 Å². The molecule has 2 aromatic heterocycles. The van der Waals surface area contributed by atoms with Gasteiger partial charge in [-0.2, -0.15) is 0 Å². The number of pyridine rings is 1. The largest absolute Gasteiger partial charge is 0.303 e. The van der Waals surface area contributed by atoms with Gasteiger partial charge in [-0.25, -0.2) is 9.37 Å². The highest BCUT2D eigenvalue weighted by molar-refractivity contribution is 9.10. The molecule has 0 bridgehead atoms. The second-order valence-electron chi connectivity index (χ2n) is 2.62. The Morgan fingerprint density at radius 1 is 1.36 bits per heavy atom. The first-order chi connectivity index (χ1) is 6.66. The van der Waals surface area contributed by atoms with Crippen molar-refractivity contribution in [3.63, 3.8) is 0 Å². The third-order valence-corrected chi connectivity index (χ3v) is 2.18. The molecule has 0 spiro atoms. The first-order valence-corrected chi connectivity index (χ1v) is 5.26. The lowest BCUT2D eigenvalue weighted by molar-refractivity contribution is 0.618. The maximum Gasteiger partial charge on any atom is 0.151 e. The van der Waals surface area contributed by atoms with Gasteiger partial charge in [0, 0.05) is 12.4 Å². The number of imidazole rings is 1. The number of hydrogen-bond acceptors (Lipinski definition) is 1. The van der Waals surface area contributed by atoms with Gasteiger partial charge in [0.1, 0.15) is 5.82 Å². The molecule has 0 amide bonds. The van der Waals surface area contributed by atoms with Gasteiger partial charge in [-0.1, -0.05) is 13.8 Å². The van der Waals surface area contributed by atoms with Gasteiger partial charge in [-0.3, -0.25) is 0 Å². The van der Waals surface area contributed by atoms with Gasteiger partial charge in [0.05, 0.1) is 10.2 Å². The summed E-state index contributed by atoms with van der Waals surface area (Å²) in [4.78, 5) is 4.20.